The SMILES string of the molecule is Cc1nc(COP)c(OP)c(=O)n1C. The van der Waals surface area contributed by atoms with E-state index in [4.69, 9.17) is 9.05 Å². The van der Waals surface area contributed by atoms with E-state index in [0.717, 1.165) is 0 Å². The lowest BCUT2D eigenvalue weighted by Crippen LogP contribution is -2.23. The molecule has 0 aliphatic carbocycles. The van der Waals surface area contributed by atoms with E-state index in [1.165, 1.54) is 4.57 Å². The Morgan fingerprint density at radius 1 is 1.50 bits per heavy atom. The molecule has 0 amide bonds. The highest BCUT2D eigenvalue weighted by molar-refractivity contribution is 7.10. The minimum Gasteiger partial charge on any atom is -0.473 e. The van der Waals surface area contributed by atoms with Gasteiger partial charge in [0.2, 0.25) is 5.75 Å². The van der Waals surface area contributed by atoms with Crippen LogP contribution in [0, 0.1) is 6.92 Å². The normalized spacial score (nSPS) is 10.3. The smallest absolute Gasteiger partial charge is 0.296 e. The summed E-state index contributed by atoms with van der Waals surface area (Å²) in [6.45, 7) is 1.98. The summed E-state index contributed by atoms with van der Waals surface area (Å²) in [4.78, 5) is 15.8. The molecule has 0 saturated carbocycles. The maximum Gasteiger partial charge on any atom is 0.296 e. The third-order valence-electron chi connectivity index (χ3n) is 1.88. The molecule has 1 aromatic heterocycles. The molecule has 0 saturated heterocycles. The van der Waals surface area contributed by atoms with Gasteiger partial charge in [0, 0.05) is 16.5 Å². The molecule has 0 spiro atoms. The highest BCUT2D eigenvalue weighted by Gasteiger charge is 2.12. The molecule has 14 heavy (non-hydrogen) atoms. The average molecular weight is 234 g/mol. The van der Waals surface area contributed by atoms with Crippen LogP contribution in [0.25, 0.3) is 0 Å². The zero-order chi connectivity index (χ0) is 10.7. The summed E-state index contributed by atoms with van der Waals surface area (Å²) in [6.07, 6.45) is 0. The second kappa shape index (κ2) is 4.83. The Kier molecular flexibility index (Phi) is 3.99. The Bertz CT molecular complexity index is 391. The monoisotopic (exact) mass is 234 g/mol. The third kappa shape index (κ3) is 2.11. The van der Waals surface area contributed by atoms with Crippen LogP contribution in [-0.4, -0.2) is 9.55 Å². The molecule has 0 bridgehead atoms. The fraction of sp³-hybridized carbons (Fsp3) is 0.429. The Hall–Kier alpha value is -0.500. The number of aryl methyl sites for hydroxylation is 1. The lowest BCUT2D eigenvalue weighted by atomic mass is 10.3. The zero-order valence-corrected chi connectivity index (χ0v) is 10.3. The van der Waals surface area contributed by atoms with Crippen molar-refractivity contribution in [2.75, 3.05) is 0 Å². The van der Waals surface area contributed by atoms with Crippen LogP contribution in [-0.2, 0) is 18.2 Å². The number of hydrogen-bond acceptors (Lipinski definition) is 4. The Labute approximate surface area is 86.4 Å². The number of rotatable bonds is 3. The first-order valence-electron chi connectivity index (χ1n) is 3.86. The van der Waals surface area contributed by atoms with Gasteiger partial charge in [0.15, 0.2) is 0 Å². The van der Waals surface area contributed by atoms with Crippen molar-refractivity contribution in [3.05, 3.63) is 21.9 Å². The molecule has 1 heterocycles. The van der Waals surface area contributed by atoms with Crippen molar-refractivity contribution >= 4 is 18.9 Å². The maximum absolute atomic E-state index is 11.6. The standard InChI is InChI=1S/C7H12N2O3P2/c1-4-8-5(3-11-13)6(12-14)7(10)9(4)2/h3,13-14H2,1-2H3. The zero-order valence-electron chi connectivity index (χ0n) is 7.98. The van der Waals surface area contributed by atoms with Gasteiger partial charge >= 0.3 is 0 Å². The summed E-state index contributed by atoms with van der Waals surface area (Å²) in [7, 11) is 5.78. The van der Waals surface area contributed by atoms with Gasteiger partial charge in [-0.25, -0.2) is 4.98 Å². The van der Waals surface area contributed by atoms with E-state index in [2.05, 4.69) is 14.5 Å². The molecule has 0 N–H and O–H groups in total. The molecule has 7 heteroatoms. The predicted molar refractivity (Wildman–Crippen MR) is 59.1 cm³/mol. The van der Waals surface area contributed by atoms with E-state index in [1.54, 1.807) is 14.0 Å². The van der Waals surface area contributed by atoms with Crippen molar-refractivity contribution < 1.29 is 9.05 Å². The van der Waals surface area contributed by atoms with Crippen LogP contribution in [0.3, 0.4) is 0 Å². The molecule has 5 nitrogen and oxygen atoms in total. The van der Waals surface area contributed by atoms with Crippen LogP contribution in [0.15, 0.2) is 4.79 Å². The van der Waals surface area contributed by atoms with Gasteiger partial charge in [-0.3, -0.25) is 9.36 Å². The first-order valence-corrected chi connectivity index (χ1v) is 4.81. The van der Waals surface area contributed by atoms with Gasteiger partial charge in [0.25, 0.3) is 5.56 Å². The second-order valence-electron chi connectivity index (χ2n) is 2.73. The number of hydrogen-bond donors (Lipinski definition) is 0. The summed E-state index contributed by atoms with van der Waals surface area (Å²) in [6, 6.07) is 0. The van der Waals surface area contributed by atoms with Crippen molar-refractivity contribution in [2.45, 2.75) is 13.5 Å². The van der Waals surface area contributed by atoms with Gasteiger partial charge in [-0.2, -0.15) is 0 Å². The van der Waals surface area contributed by atoms with Crippen LogP contribution >= 0.6 is 18.9 Å². The molecule has 0 radical (unpaired) electrons. The van der Waals surface area contributed by atoms with Crippen molar-refractivity contribution in [1.29, 1.82) is 0 Å². The molecule has 1 aromatic rings. The van der Waals surface area contributed by atoms with Gasteiger partial charge in [-0.15, -0.1) is 0 Å². The fourth-order valence-electron chi connectivity index (χ4n) is 1.04. The first kappa shape index (κ1) is 11.6. The highest BCUT2D eigenvalue weighted by Crippen LogP contribution is 2.15. The summed E-state index contributed by atoms with van der Waals surface area (Å²) in [5.74, 6) is 0.823. The largest absolute Gasteiger partial charge is 0.473 e. The average Bonchev–Trinajstić information content (AvgIpc) is 2.16. The number of aromatic nitrogens is 2. The van der Waals surface area contributed by atoms with E-state index < -0.39 is 0 Å². The molecule has 2 unspecified atom stereocenters. The maximum atomic E-state index is 11.6. The lowest BCUT2D eigenvalue weighted by Gasteiger charge is -2.09. The van der Waals surface area contributed by atoms with Crippen molar-refractivity contribution in [2.24, 2.45) is 7.05 Å². The Morgan fingerprint density at radius 3 is 2.64 bits per heavy atom. The molecule has 1 rings (SSSR count). The molecule has 0 aliphatic rings. The summed E-state index contributed by atoms with van der Waals surface area (Å²) >= 11 is 0. The molecule has 78 valence electrons. The minimum atomic E-state index is -0.218. The van der Waals surface area contributed by atoms with E-state index >= 15 is 0 Å². The van der Waals surface area contributed by atoms with Crippen LogP contribution in [0.1, 0.15) is 11.5 Å². The molecular formula is C7H12N2O3P2. The Balaban J connectivity index is 3.36. The molecular weight excluding hydrogens is 222 g/mol. The van der Waals surface area contributed by atoms with Crippen molar-refractivity contribution in [3.63, 3.8) is 0 Å². The minimum absolute atomic E-state index is 0.200. The number of nitrogens with zero attached hydrogens (tertiary/aromatic N) is 2. The second-order valence-corrected chi connectivity index (χ2v) is 3.30. The van der Waals surface area contributed by atoms with Gasteiger partial charge < -0.3 is 9.05 Å². The molecule has 2 atom stereocenters. The van der Waals surface area contributed by atoms with Gasteiger partial charge in [0.05, 0.1) is 16.1 Å². The van der Waals surface area contributed by atoms with E-state index in [1.807, 2.05) is 9.47 Å². The van der Waals surface area contributed by atoms with E-state index in [0.29, 0.717) is 11.5 Å². The molecule has 0 fully saturated rings. The van der Waals surface area contributed by atoms with Crippen molar-refractivity contribution in [1.82, 2.24) is 9.55 Å². The van der Waals surface area contributed by atoms with E-state index in [-0.39, 0.29) is 17.9 Å². The first-order chi connectivity index (χ1) is 6.61. The fourth-order valence-corrected chi connectivity index (χ4v) is 1.43. The van der Waals surface area contributed by atoms with Crippen LogP contribution in [0.4, 0.5) is 0 Å². The van der Waals surface area contributed by atoms with Crippen LogP contribution in [0.2, 0.25) is 0 Å². The topological polar surface area (TPSA) is 53.4 Å². The molecule has 0 aliphatic heterocycles. The van der Waals surface area contributed by atoms with Gasteiger partial charge in [-0.05, 0) is 6.92 Å². The Morgan fingerprint density at radius 2 is 2.14 bits per heavy atom. The summed E-state index contributed by atoms with van der Waals surface area (Å²) < 4.78 is 11.2. The van der Waals surface area contributed by atoms with Crippen LogP contribution < -0.4 is 10.1 Å². The van der Waals surface area contributed by atoms with Gasteiger partial charge in [-0.1, -0.05) is 0 Å². The van der Waals surface area contributed by atoms with Crippen LogP contribution in [0.5, 0.6) is 5.75 Å². The third-order valence-corrected chi connectivity index (χ3v) is 2.28. The quantitative estimate of drug-likeness (QED) is 0.717. The summed E-state index contributed by atoms with van der Waals surface area (Å²) in [5.41, 5.74) is 0.278. The van der Waals surface area contributed by atoms with Gasteiger partial charge in [0.1, 0.15) is 11.5 Å². The summed E-state index contributed by atoms with van der Waals surface area (Å²) in [5, 5.41) is 0. The highest BCUT2D eigenvalue weighted by atomic mass is 31.0. The van der Waals surface area contributed by atoms with E-state index in [9.17, 15) is 4.79 Å². The predicted octanol–water partition coefficient (Wildman–Crippen LogP) is 0.564. The van der Waals surface area contributed by atoms with Crippen molar-refractivity contribution in [3.8, 4) is 5.75 Å². The molecule has 0 aromatic carbocycles. The lowest BCUT2D eigenvalue weighted by molar-refractivity contribution is 0.347.